The van der Waals surface area contributed by atoms with E-state index in [4.69, 9.17) is 14.2 Å². The summed E-state index contributed by atoms with van der Waals surface area (Å²) in [6.45, 7) is 9.88. The van der Waals surface area contributed by atoms with E-state index in [1.165, 1.54) is 35.8 Å². The first kappa shape index (κ1) is 33.6. The van der Waals surface area contributed by atoms with Gasteiger partial charge in [0, 0.05) is 17.9 Å². The van der Waals surface area contributed by atoms with Crippen LogP contribution in [0.4, 0.5) is 0 Å². The van der Waals surface area contributed by atoms with Crippen molar-refractivity contribution in [2.45, 2.75) is 65.5 Å². The Morgan fingerprint density at radius 2 is 1.34 bits per heavy atom. The third-order valence-electron chi connectivity index (χ3n) is 5.41. The standard InChI is InChI=1S/C27H42N2O7S2/c1-17(2)13-20(18-9-11-19(34-6)12-10-18)24(31)29-22(26(33)36-8)16-38-37-15-21(25(32)35-7)28-23(30)14-27(3,4)5/h9-12,17,20-22H,13-16H2,1-8H3,(H,28,30)(H,29,31)/t20?,21-,22-/m0/s1. The monoisotopic (exact) mass is 570 g/mol. The molecule has 2 N–H and O–H groups in total. The van der Waals surface area contributed by atoms with Crippen LogP contribution < -0.4 is 15.4 Å². The summed E-state index contributed by atoms with van der Waals surface area (Å²) in [5.74, 6) is -0.689. The number of benzene rings is 1. The molecule has 0 aliphatic heterocycles. The fourth-order valence-electron chi connectivity index (χ4n) is 3.56. The smallest absolute Gasteiger partial charge is 0.329 e. The van der Waals surface area contributed by atoms with Crippen LogP contribution in [0.2, 0.25) is 0 Å². The molecule has 0 saturated carbocycles. The summed E-state index contributed by atoms with van der Waals surface area (Å²) < 4.78 is 15.0. The van der Waals surface area contributed by atoms with Gasteiger partial charge in [-0.2, -0.15) is 0 Å². The van der Waals surface area contributed by atoms with Crippen LogP contribution in [0, 0.1) is 11.3 Å². The lowest BCUT2D eigenvalue weighted by atomic mass is 9.89. The first-order chi connectivity index (χ1) is 17.8. The highest BCUT2D eigenvalue weighted by atomic mass is 33.1. The average Bonchev–Trinajstić information content (AvgIpc) is 2.86. The fraction of sp³-hybridized carbons (Fsp3) is 0.630. The second kappa shape index (κ2) is 16.5. The highest BCUT2D eigenvalue weighted by Crippen LogP contribution is 2.28. The van der Waals surface area contributed by atoms with Gasteiger partial charge in [0.1, 0.15) is 17.8 Å². The second-order valence-corrected chi connectivity index (χ2v) is 13.0. The maximum absolute atomic E-state index is 13.3. The number of nitrogens with one attached hydrogen (secondary N) is 2. The van der Waals surface area contributed by atoms with Crippen molar-refractivity contribution in [2.24, 2.45) is 11.3 Å². The molecule has 0 aliphatic carbocycles. The first-order valence-corrected chi connectivity index (χ1v) is 14.9. The topological polar surface area (TPSA) is 120 Å². The van der Waals surface area contributed by atoms with Gasteiger partial charge in [0.2, 0.25) is 11.8 Å². The summed E-state index contributed by atoms with van der Waals surface area (Å²) in [6.07, 6.45) is 0.865. The molecule has 0 bridgehead atoms. The Hall–Kier alpha value is -2.40. The van der Waals surface area contributed by atoms with Crippen molar-refractivity contribution < 1.29 is 33.4 Å². The molecule has 0 aromatic heterocycles. The number of methoxy groups -OCH3 is 3. The van der Waals surface area contributed by atoms with E-state index in [2.05, 4.69) is 10.6 Å². The molecule has 2 amide bonds. The van der Waals surface area contributed by atoms with Crippen LogP contribution in [0.5, 0.6) is 5.75 Å². The lowest BCUT2D eigenvalue weighted by Gasteiger charge is -2.23. The summed E-state index contributed by atoms with van der Waals surface area (Å²) >= 11 is 0. The molecule has 214 valence electrons. The maximum atomic E-state index is 13.3. The van der Waals surface area contributed by atoms with Crippen molar-refractivity contribution in [3.05, 3.63) is 29.8 Å². The molecule has 3 atom stereocenters. The summed E-state index contributed by atoms with van der Waals surface area (Å²) in [5, 5.41) is 5.56. The minimum Gasteiger partial charge on any atom is -0.497 e. The van der Waals surface area contributed by atoms with Crippen molar-refractivity contribution in [1.29, 1.82) is 0 Å². The number of rotatable bonds is 15. The third kappa shape index (κ3) is 12.4. The summed E-state index contributed by atoms with van der Waals surface area (Å²) in [6, 6.07) is 5.60. The molecular formula is C27H42N2O7S2. The van der Waals surface area contributed by atoms with Gasteiger partial charge in [0.25, 0.3) is 0 Å². The lowest BCUT2D eigenvalue weighted by molar-refractivity contribution is -0.144. The predicted octanol–water partition coefficient (Wildman–Crippen LogP) is 3.96. The Morgan fingerprint density at radius 1 is 0.842 bits per heavy atom. The molecule has 0 fully saturated rings. The number of carbonyl (C=O) groups excluding carboxylic acids is 4. The zero-order valence-electron chi connectivity index (χ0n) is 23.6. The number of amides is 2. The largest absolute Gasteiger partial charge is 0.497 e. The number of hydrogen-bond donors (Lipinski definition) is 2. The van der Waals surface area contributed by atoms with E-state index >= 15 is 0 Å². The molecule has 38 heavy (non-hydrogen) atoms. The molecule has 0 heterocycles. The Bertz CT molecular complexity index is 917. The van der Waals surface area contributed by atoms with E-state index in [1.807, 2.05) is 46.8 Å². The van der Waals surface area contributed by atoms with Crippen molar-refractivity contribution in [2.75, 3.05) is 32.8 Å². The van der Waals surface area contributed by atoms with E-state index in [1.54, 1.807) is 19.2 Å². The molecule has 1 rings (SSSR count). The van der Waals surface area contributed by atoms with Gasteiger partial charge in [-0.25, -0.2) is 9.59 Å². The van der Waals surface area contributed by atoms with Crippen LogP contribution in [0.25, 0.3) is 0 Å². The van der Waals surface area contributed by atoms with Crippen LogP contribution in [0.15, 0.2) is 24.3 Å². The number of esters is 2. The average molecular weight is 571 g/mol. The van der Waals surface area contributed by atoms with Gasteiger partial charge in [0.05, 0.1) is 27.2 Å². The fourth-order valence-corrected chi connectivity index (χ4v) is 5.85. The van der Waals surface area contributed by atoms with E-state index in [0.717, 1.165) is 5.56 Å². The van der Waals surface area contributed by atoms with E-state index < -0.39 is 29.9 Å². The molecule has 0 spiro atoms. The highest BCUT2D eigenvalue weighted by molar-refractivity contribution is 8.76. The van der Waals surface area contributed by atoms with Crippen molar-refractivity contribution in [1.82, 2.24) is 10.6 Å². The van der Waals surface area contributed by atoms with E-state index in [-0.39, 0.29) is 41.1 Å². The van der Waals surface area contributed by atoms with Gasteiger partial charge in [-0.15, -0.1) is 0 Å². The summed E-state index contributed by atoms with van der Waals surface area (Å²) in [5.41, 5.74) is 0.604. The lowest BCUT2D eigenvalue weighted by Crippen LogP contribution is -2.45. The van der Waals surface area contributed by atoms with E-state index in [0.29, 0.717) is 12.2 Å². The number of hydrogen-bond acceptors (Lipinski definition) is 9. The molecule has 1 unspecified atom stereocenters. The van der Waals surface area contributed by atoms with Crippen LogP contribution in [-0.2, 0) is 28.7 Å². The van der Waals surface area contributed by atoms with Gasteiger partial charge in [-0.1, -0.05) is 68.3 Å². The van der Waals surface area contributed by atoms with Gasteiger partial charge in [-0.3, -0.25) is 9.59 Å². The minimum absolute atomic E-state index is 0.212. The molecule has 0 saturated heterocycles. The molecular weight excluding hydrogens is 528 g/mol. The van der Waals surface area contributed by atoms with Gasteiger partial charge in [0.15, 0.2) is 0 Å². The van der Waals surface area contributed by atoms with Crippen LogP contribution >= 0.6 is 21.6 Å². The molecule has 9 nitrogen and oxygen atoms in total. The zero-order valence-corrected chi connectivity index (χ0v) is 25.3. The quantitative estimate of drug-likeness (QED) is 0.183. The Kier molecular flexibility index (Phi) is 14.6. The molecule has 1 aromatic rings. The van der Waals surface area contributed by atoms with Crippen molar-refractivity contribution in [3.8, 4) is 5.75 Å². The molecule has 11 heteroatoms. The normalized spacial score (nSPS) is 13.7. The van der Waals surface area contributed by atoms with E-state index in [9.17, 15) is 19.2 Å². The third-order valence-corrected chi connectivity index (χ3v) is 7.83. The van der Waals surface area contributed by atoms with Crippen molar-refractivity contribution >= 4 is 45.3 Å². The van der Waals surface area contributed by atoms with Crippen molar-refractivity contribution in [3.63, 3.8) is 0 Å². The zero-order chi connectivity index (χ0) is 28.9. The Morgan fingerprint density at radius 3 is 1.76 bits per heavy atom. The van der Waals surface area contributed by atoms with Gasteiger partial charge in [-0.05, 0) is 35.4 Å². The summed E-state index contributed by atoms with van der Waals surface area (Å²) in [7, 11) is 6.71. The van der Waals surface area contributed by atoms with Gasteiger partial charge < -0.3 is 24.8 Å². The Balaban J connectivity index is 2.84. The Labute approximate surface area is 234 Å². The van der Waals surface area contributed by atoms with Gasteiger partial charge >= 0.3 is 11.9 Å². The maximum Gasteiger partial charge on any atom is 0.329 e. The molecule has 1 aromatic carbocycles. The molecule has 0 radical (unpaired) electrons. The minimum atomic E-state index is -0.884. The van der Waals surface area contributed by atoms with Crippen LogP contribution in [0.1, 0.15) is 58.9 Å². The summed E-state index contributed by atoms with van der Waals surface area (Å²) in [4.78, 5) is 50.3. The number of carbonyl (C=O) groups is 4. The first-order valence-electron chi connectivity index (χ1n) is 12.4. The predicted molar refractivity (Wildman–Crippen MR) is 152 cm³/mol. The molecule has 0 aliphatic rings. The van der Waals surface area contributed by atoms with Crippen LogP contribution in [0.3, 0.4) is 0 Å². The number of ether oxygens (including phenoxy) is 3. The van der Waals surface area contributed by atoms with Crippen LogP contribution in [-0.4, -0.2) is 68.7 Å². The SMILES string of the molecule is COC(=O)[C@H](CSSC[C@H](NC(=O)C(CC(C)C)c1ccc(OC)cc1)C(=O)OC)NC(=O)CC(C)(C)C. The highest BCUT2D eigenvalue weighted by Gasteiger charge is 2.29. The second-order valence-electron chi connectivity index (χ2n) is 10.5.